The van der Waals surface area contributed by atoms with Gasteiger partial charge in [0, 0.05) is 31.1 Å². The lowest BCUT2D eigenvalue weighted by Gasteiger charge is -2.12. The van der Waals surface area contributed by atoms with Crippen LogP contribution in [-0.2, 0) is 13.2 Å². The first-order chi connectivity index (χ1) is 11.8. The predicted octanol–water partition coefficient (Wildman–Crippen LogP) is 3.65. The van der Waals surface area contributed by atoms with Crippen LogP contribution in [0.1, 0.15) is 17.1 Å². The fraction of sp³-hybridized carbons (Fsp3) is 0.250. The van der Waals surface area contributed by atoms with Gasteiger partial charge >= 0.3 is 6.18 Å². The third-order valence-corrected chi connectivity index (χ3v) is 3.72. The number of alkyl halides is 3. The Bertz CT molecular complexity index is 902. The number of hydrogen-bond acceptors (Lipinski definition) is 5. The maximum atomic E-state index is 13.2. The topological polar surface area (TPSA) is 68.5 Å². The zero-order valence-electron chi connectivity index (χ0n) is 13.8. The van der Waals surface area contributed by atoms with Crippen LogP contribution in [-0.4, -0.2) is 24.7 Å². The van der Waals surface area contributed by atoms with Crippen molar-refractivity contribution < 1.29 is 13.2 Å². The van der Waals surface area contributed by atoms with Crippen molar-refractivity contribution in [2.24, 2.45) is 7.05 Å². The highest BCUT2D eigenvalue weighted by molar-refractivity contribution is 5.64. The fourth-order valence-electron chi connectivity index (χ4n) is 2.37. The van der Waals surface area contributed by atoms with Gasteiger partial charge in [-0.1, -0.05) is 0 Å². The smallest absolute Gasteiger partial charge is 0.337 e. The summed E-state index contributed by atoms with van der Waals surface area (Å²) in [5.41, 5.74) is 1.50. The van der Waals surface area contributed by atoms with Crippen molar-refractivity contribution in [3.05, 3.63) is 47.7 Å². The minimum Gasteiger partial charge on any atom is -0.337 e. The molecule has 0 aliphatic heterocycles. The Kier molecular flexibility index (Phi) is 4.15. The molecule has 3 aromatic heterocycles. The number of pyridine rings is 1. The molecule has 0 unspecified atom stereocenters. The first-order valence-electron chi connectivity index (χ1n) is 7.39. The van der Waals surface area contributed by atoms with Gasteiger partial charge < -0.3 is 5.32 Å². The van der Waals surface area contributed by atoms with Gasteiger partial charge in [0.15, 0.2) is 11.5 Å². The van der Waals surface area contributed by atoms with Gasteiger partial charge in [0.1, 0.15) is 5.82 Å². The lowest BCUT2D eigenvalue weighted by Crippen LogP contribution is -2.11. The van der Waals surface area contributed by atoms with Crippen LogP contribution < -0.4 is 5.32 Å². The quantitative estimate of drug-likeness (QED) is 0.782. The van der Waals surface area contributed by atoms with Crippen LogP contribution in [0.3, 0.4) is 0 Å². The summed E-state index contributed by atoms with van der Waals surface area (Å²) in [5.74, 6) is 0.0206. The van der Waals surface area contributed by atoms with Gasteiger partial charge in [0.2, 0.25) is 0 Å². The average Bonchev–Trinajstić information content (AvgIpc) is 2.81. The molecule has 3 rings (SSSR count). The monoisotopic (exact) mass is 348 g/mol. The highest BCUT2D eigenvalue weighted by atomic mass is 19.4. The molecule has 25 heavy (non-hydrogen) atoms. The lowest BCUT2D eigenvalue weighted by molar-refractivity contribution is -0.141. The Hall–Kier alpha value is -2.97. The maximum absolute atomic E-state index is 13.2. The third-order valence-electron chi connectivity index (χ3n) is 3.72. The zero-order valence-corrected chi connectivity index (χ0v) is 13.8. The largest absolute Gasteiger partial charge is 0.433 e. The van der Waals surface area contributed by atoms with E-state index in [1.165, 1.54) is 12.4 Å². The van der Waals surface area contributed by atoms with E-state index in [1.807, 2.05) is 6.92 Å². The van der Waals surface area contributed by atoms with E-state index in [4.69, 9.17) is 0 Å². The first kappa shape index (κ1) is 16.9. The van der Waals surface area contributed by atoms with E-state index < -0.39 is 11.9 Å². The highest BCUT2D eigenvalue weighted by Gasteiger charge is 2.34. The van der Waals surface area contributed by atoms with Gasteiger partial charge in [-0.2, -0.15) is 18.3 Å². The number of nitrogens with one attached hydrogen (secondary N) is 1. The Morgan fingerprint density at radius 2 is 1.76 bits per heavy atom. The number of nitrogens with zero attached hydrogens (tertiary/aromatic N) is 5. The van der Waals surface area contributed by atoms with Gasteiger partial charge in [-0.05, 0) is 26.0 Å². The highest BCUT2D eigenvalue weighted by Crippen LogP contribution is 2.32. The van der Waals surface area contributed by atoms with Crippen molar-refractivity contribution in [1.82, 2.24) is 24.7 Å². The molecule has 0 aromatic carbocycles. The molecular weight excluding hydrogens is 333 g/mol. The molecule has 0 saturated heterocycles. The summed E-state index contributed by atoms with van der Waals surface area (Å²) in [6.45, 7) is 3.59. The Labute approximate surface area is 141 Å². The van der Waals surface area contributed by atoms with Crippen LogP contribution in [0.2, 0.25) is 0 Å². The molecule has 0 aliphatic carbocycles. The second kappa shape index (κ2) is 6.15. The summed E-state index contributed by atoms with van der Waals surface area (Å²) >= 11 is 0. The van der Waals surface area contributed by atoms with E-state index >= 15 is 0 Å². The number of rotatable bonds is 3. The molecule has 9 heteroatoms. The SMILES string of the molecule is Cc1nn(C)c(C)c1Nc1cc(C(F)(F)F)nc(-c2ccncc2)n1. The number of anilines is 2. The van der Waals surface area contributed by atoms with Gasteiger partial charge in [0.25, 0.3) is 0 Å². The third kappa shape index (κ3) is 3.44. The van der Waals surface area contributed by atoms with E-state index in [9.17, 15) is 13.2 Å². The first-order valence-corrected chi connectivity index (χ1v) is 7.39. The molecule has 0 saturated carbocycles. The Balaban J connectivity index is 2.10. The number of hydrogen-bond donors (Lipinski definition) is 1. The molecule has 0 radical (unpaired) electrons. The molecule has 0 bridgehead atoms. The molecule has 0 fully saturated rings. The molecular formula is C16H15F3N6. The van der Waals surface area contributed by atoms with E-state index in [0.29, 0.717) is 16.9 Å². The Morgan fingerprint density at radius 1 is 1.08 bits per heavy atom. The molecule has 0 amide bonds. The molecule has 3 heterocycles. The molecule has 130 valence electrons. The van der Waals surface area contributed by atoms with Crippen molar-refractivity contribution >= 4 is 11.5 Å². The second-order valence-electron chi connectivity index (χ2n) is 5.49. The van der Waals surface area contributed by atoms with Gasteiger partial charge in [-0.25, -0.2) is 9.97 Å². The molecule has 6 nitrogen and oxygen atoms in total. The average molecular weight is 348 g/mol. The number of aryl methyl sites for hydroxylation is 2. The van der Waals surface area contributed by atoms with Crippen molar-refractivity contribution in [2.75, 3.05) is 5.32 Å². The minimum atomic E-state index is -4.58. The summed E-state index contributed by atoms with van der Waals surface area (Å²) in [4.78, 5) is 11.7. The zero-order chi connectivity index (χ0) is 18.2. The van der Waals surface area contributed by atoms with Crippen molar-refractivity contribution in [3.63, 3.8) is 0 Å². The second-order valence-corrected chi connectivity index (χ2v) is 5.49. The predicted molar refractivity (Wildman–Crippen MR) is 86.2 cm³/mol. The minimum absolute atomic E-state index is 0.0288. The molecule has 0 aliphatic rings. The van der Waals surface area contributed by atoms with Crippen molar-refractivity contribution in [3.8, 4) is 11.4 Å². The number of halogens is 3. The summed E-state index contributed by atoms with van der Waals surface area (Å²) in [5, 5.41) is 7.17. The van der Waals surface area contributed by atoms with Crippen LogP contribution in [0, 0.1) is 13.8 Å². The number of aromatic nitrogens is 5. The standard InChI is InChI=1S/C16H15F3N6/c1-9-14(10(2)25(3)24-9)22-13-8-12(16(17,18)19)21-15(23-13)11-4-6-20-7-5-11/h4-8H,1-3H3,(H,21,22,23). The van der Waals surface area contributed by atoms with E-state index in [2.05, 4.69) is 25.4 Å². The van der Waals surface area contributed by atoms with Crippen LogP contribution in [0.5, 0.6) is 0 Å². The van der Waals surface area contributed by atoms with Crippen LogP contribution in [0.4, 0.5) is 24.7 Å². The summed E-state index contributed by atoms with van der Waals surface area (Å²) in [7, 11) is 1.76. The van der Waals surface area contributed by atoms with E-state index in [-0.39, 0.29) is 11.6 Å². The van der Waals surface area contributed by atoms with Crippen LogP contribution >= 0.6 is 0 Å². The normalized spacial score (nSPS) is 11.6. The van der Waals surface area contributed by atoms with Gasteiger partial charge in [0.05, 0.1) is 17.1 Å². The van der Waals surface area contributed by atoms with Crippen LogP contribution in [0.25, 0.3) is 11.4 Å². The summed E-state index contributed by atoms with van der Waals surface area (Å²) in [6, 6.07) is 4.00. The molecule has 3 aromatic rings. The van der Waals surface area contributed by atoms with Crippen molar-refractivity contribution in [1.29, 1.82) is 0 Å². The molecule has 1 N–H and O–H groups in total. The van der Waals surface area contributed by atoms with Crippen LogP contribution in [0.15, 0.2) is 30.6 Å². The fourth-order valence-corrected chi connectivity index (χ4v) is 2.37. The van der Waals surface area contributed by atoms with Gasteiger partial charge in [-0.15, -0.1) is 0 Å². The molecule has 0 spiro atoms. The van der Waals surface area contributed by atoms with Gasteiger partial charge in [-0.3, -0.25) is 9.67 Å². The Morgan fingerprint density at radius 3 is 2.32 bits per heavy atom. The van der Waals surface area contributed by atoms with Crippen molar-refractivity contribution in [2.45, 2.75) is 20.0 Å². The summed E-state index contributed by atoms with van der Waals surface area (Å²) < 4.78 is 41.3. The van der Waals surface area contributed by atoms with E-state index in [0.717, 1.165) is 11.8 Å². The van der Waals surface area contributed by atoms with E-state index in [1.54, 1.807) is 30.8 Å². The lowest BCUT2D eigenvalue weighted by atomic mass is 10.2. The maximum Gasteiger partial charge on any atom is 0.433 e. The summed E-state index contributed by atoms with van der Waals surface area (Å²) in [6.07, 6.45) is -1.64. The molecule has 0 atom stereocenters.